The Kier molecular flexibility index (Phi) is 3.93. The van der Waals surface area contributed by atoms with Crippen molar-refractivity contribution in [3.63, 3.8) is 0 Å². The van der Waals surface area contributed by atoms with Gasteiger partial charge in [-0.2, -0.15) is 5.10 Å². The van der Waals surface area contributed by atoms with Crippen LogP contribution < -0.4 is 5.32 Å². The van der Waals surface area contributed by atoms with Gasteiger partial charge in [0, 0.05) is 0 Å². The number of hydrogen-bond acceptors (Lipinski definition) is 3. The van der Waals surface area contributed by atoms with Crippen LogP contribution >= 0.6 is 0 Å². The van der Waals surface area contributed by atoms with Crippen LogP contribution in [-0.4, -0.2) is 21.3 Å². The van der Waals surface area contributed by atoms with Crippen molar-refractivity contribution in [1.29, 1.82) is 0 Å². The van der Waals surface area contributed by atoms with Crippen LogP contribution in [0.5, 0.6) is 0 Å². The first-order chi connectivity index (χ1) is 7.75. The molecule has 0 atom stereocenters. The first-order valence-corrected chi connectivity index (χ1v) is 6.36. The van der Waals surface area contributed by atoms with E-state index < -0.39 is 0 Å². The van der Waals surface area contributed by atoms with E-state index in [1.165, 1.54) is 25.7 Å². The number of nitrogens with zero attached hydrogens (tertiary/aromatic N) is 3. The largest absolute Gasteiger partial charge is 0.310 e. The van der Waals surface area contributed by atoms with Crippen molar-refractivity contribution in [1.82, 2.24) is 20.1 Å². The maximum absolute atomic E-state index is 4.53. The maximum atomic E-state index is 4.53. The van der Waals surface area contributed by atoms with Gasteiger partial charge in [-0.15, -0.1) is 0 Å². The standard InChI is InChI=1S/C12H22N4/c1-10(2)7-13-8-12-14-9-16(15-12)11-5-3-4-6-11/h9-11,13H,3-8H2,1-2H3. The molecule has 1 heterocycles. The zero-order valence-electron chi connectivity index (χ0n) is 10.3. The number of hydrogen-bond donors (Lipinski definition) is 1. The molecule has 16 heavy (non-hydrogen) atoms. The predicted molar refractivity (Wildman–Crippen MR) is 64.1 cm³/mol. The Morgan fingerprint density at radius 1 is 1.44 bits per heavy atom. The van der Waals surface area contributed by atoms with Crippen LogP contribution in [0, 0.1) is 5.92 Å². The summed E-state index contributed by atoms with van der Waals surface area (Å²) in [5.74, 6) is 1.60. The second-order valence-corrected chi connectivity index (χ2v) is 5.10. The third kappa shape index (κ3) is 3.04. The lowest BCUT2D eigenvalue weighted by molar-refractivity contribution is 0.458. The smallest absolute Gasteiger partial charge is 0.164 e. The van der Waals surface area contributed by atoms with Gasteiger partial charge in [-0.25, -0.2) is 9.67 Å². The molecule has 1 saturated carbocycles. The third-order valence-corrected chi connectivity index (χ3v) is 3.09. The molecule has 0 bridgehead atoms. The van der Waals surface area contributed by atoms with E-state index in [1.54, 1.807) is 0 Å². The average Bonchev–Trinajstić information content (AvgIpc) is 2.85. The molecule has 1 aromatic rings. The van der Waals surface area contributed by atoms with E-state index in [2.05, 4.69) is 33.9 Å². The maximum Gasteiger partial charge on any atom is 0.164 e. The summed E-state index contributed by atoms with van der Waals surface area (Å²) >= 11 is 0. The lowest BCUT2D eigenvalue weighted by Gasteiger charge is -2.07. The van der Waals surface area contributed by atoms with Gasteiger partial charge in [-0.1, -0.05) is 26.7 Å². The molecule has 0 aliphatic heterocycles. The van der Waals surface area contributed by atoms with Crippen molar-refractivity contribution < 1.29 is 0 Å². The van der Waals surface area contributed by atoms with Crippen molar-refractivity contribution in [2.45, 2.75) is 52.1 Å². The first-order valence-electron chi connectivity index (χ1n) is 6.36. The highest BCUT2D eigenvalue weighted by atomic mass is 15.3. The zero-order valence-corrected chi connectivity index (χ0v) is 10.3. The van der Waals surface area contributed by atoms with E-state index in [1.807, 2.05) is 6.33 Å². The minimum absolute atomic E-state index is 0.603. The lowest BCUT2D eigenvalue weighted by Crippen LogP contribution is -2.20. The SMILES string of the molecule is CC(C)CNCc1ncn(C2CCCC2)n1. The van der Waals surface area contributed by atoms with Gasteiger partial charge < -0.3 is 5.32 Å². The van der Waals surface area contributed by atoms with Crippen molar-refractivity contribution in [2.75, 3.05) is 6.54 Å². The molecule has 0 radical (unpaired) electrons. The summed E-state index contributed by atoms with van der Waals surface area (Å²) in [6.07, 6.45) is 7.10. The summed E-state index contributed by atoms with van der Waals surface area (Å²) in [4.78, 5) is 4.35. The van der Waals surface area contributed by atoms with Crippen LogP contribution in [0.1, 0.15) is 51.4 Å². The normalized spacial score (nSPS) is 17.4. The van der Waals surface area contributed by atoms with Gasteiger partial charge in [-0.3, -0.25) is 0 Å². The van der Waals surface area contributed by atoms with Crippen LogP contribution in [0.3, 0.4) is 0 Å². The van der Waals surface area contributed by atoms with Crippen molar-refractivity contribution >= 4 is 0 Å². The molecule has 4 nitrogen and oxygen atoms in total. The average molecular weight is 222 g/mol. The predicted octanol–water partition coefficient (Wildman–Crippen LogP) is 2.14. The fraction of sp³-hybridized carbons (Fsp3) is 0.833. The summed E-state index contributed by atoms with van der Waals surface area (Å²) in [6.45, 7) is 6.23. The Morgan fingerprint density at radius 2 is 2.19 bits per heavy atom. The van der Waals surface area contributed by atoms with Gasteiger partial charge in [0.05, 0.1) is 12.6 Å². The molecule has 0 aromatic carbocycles. The topological polar surface area (TPSA) is 42.7 Å². The van der Waals surface area contributed by atoms with E-state index in [-0.39, 0.29) is 0 Å². The van der Waals surface area contributed by atoms with E-state index >= 15 is 0 Å². The molecule has 0 saturated heterocycles. The second-order valence-electron chi connectivity index (χ2n) is 5.10. The van der Waals surface area contributed by atoms with Gasteiger partial charge in [0.25, 0.3) is 0 Å². The molecule has 90 valence electrons. The summed E-state index contributed by atoms with van der Waals surface area (Å²) in [5.41, 5.74) is 0. The summed E-state index contributed by atoms with van der Waals surface area (Å²) < 4.78 is 2.05. The molecule has 1 fully saturated rings. The minimum atomic E-state index is 0.603. The second kappa shape index (κ2) is 5.43. The molecule has 0 spiro atoms. The Bertz CT molecular complexity index is 313. The summed E-state index contributed by atoms with van der Waals surface area (Å²) in [6, 6.07) is 0.603. The fourth-order valence-corrected chi connectivity index (χ4v) is 2.21. The van der Waals surface area contributed by atoms with Crippen molar-refractivity contribution in [3.05, 3.63) is 12.2 Å². The molecule has 1 N–H and O–H groups in total. The van der Waals surface area contributed by atoms with Crippen LogP contribution in [-0.2, 0) is 6.54 Å². The van der Waals surface area contributed by atoms with Gasteiger partial charge in [0.1, 0.15) is 6.33 Å². The van der Waals surface area contributed by atoms with Crippen molar-refractivity contribution in [3.8, 4) is 0 Å². The van der Waals surface area contributed by atoms with E-state index in [9.17, 15) is 0 Å². The Hall–Kier alpha value is -0.900. The Morgan fingerprint density at radius 3 is 2.88 bits per heavy atom. The molecular weight excluding hydrogens is 200 g/mol. The molecule has 4 heteroatoms. The first kappa shape index (κ1) is 11.6. The Labute approximate surface area is 97.5 Å². The highest BCUT2D eigenvalue weighted by molar-refractivity contribution is 4.84. The van der Waals surface area contributed by atoms with E-state index in [4.69, 9.17) is 0 Å². The monoisotopic (exact) mass is 222 g/mol. The molecule has 0 amide bonds. The van der Waals surface area contributed by atoms with E-state index in [0.29, 0.717) is 12.0 Å². The van der Waals surface area contributed by atoms with Crippen LogP contribution in [0.25, 0.3) is 0 Å². The highest BCUT2D eigenvalue weighted by Crippen LogP contribution is 2.28. The summed E-state index contributed by atoms with van der Waals surface area (Å²) in [5, 5.41) is 7.90. The van der Waals surface area contributed by atoms with Crippen LogP contribution in [0.15, 0.2) is 6.33 Å². The number of nitrogens with one attached hydrogen (secondary N) is 1. The third-order valence-electron chi connectivity index (χ3n) is 3.09. The molecule has 1 aliphatic carbocycles. The van der Waals surface area contributed by atoms with Gasteiger partial charge in [0.15, 0.2) is 5.82 Å². The van der Waals surface area contributed by atoms with Crippen molar-refractivity contribution in [2.24, 2.45) is 5.92 Å². The summed E-state index contributed by atoms with van der Waals surface area (Å²) in [7, 11) is 0. The number of rotatable bonds is 5. The zero-order chi connectivity index (χ0) is 11.4. The number of aromatic nitrogens is 3. The molecule has 1 aromatic heterocycles. The fourth-order valence-electron chi connectivity index (χ4n) is 2.21. The minimum Gasteiger partial charge on any atom is -0.310 e. The quantitative estimate of drug-likeness (QED) is 0.830. The molecular formula is C12H22N4. The van der Waals surface area contributed by atoms with Crippen LogP contribution in [0.2, 0.25) is 0 Å². The van der Waals surface area contributed by atoms with E-state index in [0.717, 1.165) is 18.9 Å². The lowest BCUT2D eigenvalue weighted by atomic mass is 10.2. The van der Waals surface area contributed by atoms with Crippen LogP contribution in [0.4, 0.5) is 0 Å². The van der Waals surface area contributed by atoms with Gasteiger partial charge in [-0.05, 0) is 25.3 Å². The van der Waals surface area contributed by atoms with Gasteiger partial charge >= 0.3 is 0 Å². The molecule has 1 aliphatic rings. The molecule has 0 unspecified atom stereocenters. The van der Waals surface area contributed by atoms with Gasteiger partial charge in [0.2, 0.25) is 0 Å². The Balaban J connectivity index is 1.82. The molecule has 2 rings (SSSR count). The highest BCUT2D eigenvalue weighted by Gasteiger charge is 2.17.